The maximum atomic E-state index is 12.1. The fourth-order valence-electron chi connectivity index (χ4n) is 2.29. The molecule has 0 spiro atoms. The third-order valence-corrected chi connectivity index (χ3v) is 3.33. The number of nitrogens with two attached hydrogens (primary N) is 1. The summed E-state index contributed by atoms with van der Waals surface area (Å²) in [5.41, 5.74) is 6.25. The monoisotopic (exact) mass is 291 g/mol. The number of hydrogen-bond donors (Lipinski definition) is 2. The van der Waals surface area contributed by atoms with Crippen LogP contribution in [-0.2, 0) is 14.4 Å². The lowest BCUT2D eigenvalue weighted by atomic mass is 10.1. The summed E-state index contributed by atoms with van der Waals surface area (Å²) in [4.78, 5) is 36.1. The van der Waals surface area contributed by atoms with E-state index >= 15 is 0 Å². The van der Waals surface area contributed by atoms with Crippen LogP contribution in [0.25, 0.3) is 0 Å². The molecule has 1 unspecified atom stereocenters. The molecule has 3 N–H and O–H groups in total. The van der Waals surface area contributed by atoms with Crippen molar-refractivity contribution in [2.45, 2.75) is 13.3 Å². The van der Waals surface area contributed by atoms with Crippen LogP contribution < -0.4 is 20.7 Å². The first kappa shape index (κ1) is 14.8. The molecule has 1 aliphatic rings. The second-order valence-electron chi connectivity index (χ2n) is 4.87. The minimum atomic E-state index is -0.520. The van der Waals surface area contributed by atoms with E-state index in [2.05, 4.69) is 5.32 Å². The van der Waals surface area contributed by atoms with E-state index in [0.29, 0.717) is 17.1 Å². The van der Waals surface area contributed by atoms with Crippen LogP contribution in [0.2, 0.25) is 0 Å². The molecule has 2 rings (SSSR count). The molecule has 7 heteroatoms. The zero-order valence-corrected chi connectivity index (χ0v) is 11.9. The Hall–Kier alpha value is -2.57. The Morgan fingerprint density at radius 2 is 2.14 bits per heavy atom. The Kier molecular flexibility index (Phi) is 4.11. The molecule has 1 aromatic rings. The Labute approximate surface area is 122 Å². The average Bonchev–Trinajstić information content (AvgIpc) is 2.81. The lowest BCUT2D eigenvalue weighted by Gasteiger charge is -2.21. The van der Waals surface area contributed by atoms with Gasteiger partial charge in [-0.15, -0.1) is 0 Å². The van der Waals surface area contributed by atoms with Crippen LogP contribution >= 0.6 is 0 Å². The normalized spacial score (nSPS) is 17.7. The zero-order valence-electron chi connectivity index (χ0n) is 11.9. The molecular weight excluding hydrogens is 274 g/mol. The number of ether oxygens (including phenoxy) is 1. The number of carbonyl (C=O) groups is 3. The van der Waals surface area contributed by atoms with E-state index in [1.165, 1.54) is 18.9 Å². The Balaban J connectivity index is 2.38. The van der Waals surface area contributed by atoms with Crippen molar-refractivity contribution in [1.29, 1.82) is 0 Å². The van der Waals surface area contributed by atoms with Crippen LogP contribution in [-0.4, -0.2) is 31.4 Å². The number of hydrogen-bond acceptors (Lipinski definition) is 4. The summed E-state index contributed by atoms with van der Waals surface area (Å²) in [6, 6.07) is 4.98. The van der Waals surface area contributed by atoms with Gasteiger partial charge in [-0.2, -0.15) is 0 Å². The summed E-state index contributed by atoms with van der Waals surface area (Å²) in [5.74, 6) is -0.934. The lowest BCUT2D eigenvalue weighted by molar-refractivity contribution is -0.123. The molecule has 1 aromatic carbocycles. The van der Waals surface area contributed by atoms with Crippen molar-refractivity contribution in [1.82, 2.24) is 0 Å². The van der Waals surface area contributed by atoms with Crippen molar-refractivity contribution in [3.05, 3.63) is 18.2 Å². The van der Waals surface area contributed by atoms with Crippen LogP contribution in [0.4, 0.5) is 11.4 Å². The van der Waals surface area contributed by atoms with E-state index in [4.69, 9.17) is 10.5 Å². The number of anilines is 2. The summed E-state index contributed by atoms with van der Waals surface area (Å²) in [5, 5.41) is 2.66. The van der Waals surface area contributed by atoms with Crippen LogP contribution in [0.15, 0.2) is 18.2 Å². The van der Waals surface area contributed by atoms with Crippen LogP contribution in [0, 0.1) is 5.92 Å². The Morgan fingerprint density at radius 1 is 1.43 bits per heavy atom. The number of nitrogens with one attached hydrogen (secondary N) is 1. The van der Waals surface area contributed by atoms with Crippen molar-refractivity contribution in [2.24, 2.45) is 11.7 Å². The molecule has 0 bridgehead atoms. The van der Waals surface area contributed by atoms with E-state index in [0.717, 1.165) is 0 Å². The second kappa shape index (κ2) is 5.82. The quantitative estimate of drug-likeness (QED) is 0.843. The third-order valence-electron chi connectivity index (χ3n) is 3.33. The van der Waals surface area contributed by atoms with Crippen LogP contribution in [0.1, 0.15) is 13.3 Å². The fourth-order valence-corrected chi connectivity index (χ4v) is 2.29. The number of methoxy groups -OCH3 is 1. The molecule has 0 aliphatic carbocycles. The van der Waals surface area contributed by atoms with Gasteiger partial charge in [-0.05, 0) is 12.1 Å². The van der Waals surface area contributed by atoms with E-state index < -0.39 is 11.8 Å². The minimum absolute atomic E-state index is 0.0755. The van der Waals surface area contributed by atoms with E-state index in [1.807, 2.05) is 0 Å². The van der Waals surface area contributed by atoms with Gasteiger partial charge in [-0.3, -0.25) is 14.4 Å². The highest BCUT2D eigenvalue weighted by molar-refractivity contribution is 6.04. The molecule has 0 radical (unpaired) electrons. The molecule has 1 aliphatic heterocycles. The smallest absolute Gasteiger partial charge is 0.227 e. The SMILES string of the molecule is COc1ccc(NC(C)=O)c(N2CC(C(N)=O)CC2=O)c1. The highest BCUT2D eigenvalue weighted by Gasteiger charge is 2.35. The van der Waals surface area contributed by atoms with E-state index in [-0.39, 0.29) is 24.8 Å². The van der Waals surface area contributed by atoms with Gasteiger partial charge >= 0.3 is 0 Å². The van der Waals surface area contributed by atoms with Gasteiger partial charge in [0.1, 0.15) is 5.75 Å². The number of benzene rings is 1. The highest BCUT2D eigenvalue weighted by Crippen LogP contribution is 2.34. The van der Waals surface area contributed by atoms with Crippen molar-refractivity contribution in [3.63, 3.8) is 0 Å². The predicted octanol–water partition coefficient (Wildman–Crippen LogP) is 0.492. The number of primary amides is 1. The standard InChI is InChI=1S/C14H17N3O4/c1-8(18)16-11-4-3-10(21-2)6-12(11)17-7-9(14(15)20)5-13(17)19/h3-4,6,9H,5,7H2,1-2H3,(H2,15,20)(H,16,18). The second-order valence-corrected chi connectivity index (χ2v) is 4.87. The maximum absolute atomic E-state index is 12.1. The van der Waals surface area contributed by atoms with E-state index in [9.17, 15) is 14.4 Å². The first-order valence-electron chi connectivity index (χ1n) is 6.47. The molecule has 1 fully saturated rings. The van der Waals surface area contributed by atoms with Crippen LogP contribution in [0.3, 0.4) is 0 Å². The molecule has 112 valence electrons. The van der Waals surface area contributed by atoms with Gasteiger partial charge in [-0.1, -0.05) is 0 Å². The van der Waals surface area contributed by atoms with Gasteiger partial charge in [0.25, 0.3) is 0 Å². The van der Waals surface area contributed by atoms with Crippen molar-refractivity contribution in [3.8, 4) is 5.75 Å². The van der Waals surface area contributed by atoms with Crippen molar-refractivity contribution < 1.29 is 19.1 Å². The largest absolute Gasteiger partial charge is 0.497 e. The number of carbonyl (C=O) groups excluding carboxylic acids is 3. The summed E-state index contributed by atoms with van der Waals surface area (Å²) in [7, 11) is 1.51. The van der Waals surface area contributed by atoms with E-state index in [1.54, 1.807) is 18.2 Å². The summed E-state index contributed by atoms with van der Waals surface area (Å²) < 4.78 is 5.14. The summed E-state index contributed by atoms with van der Waals surface area (Å²) in [6.07, 6.45) is 0.0755. The topological polar surface area (TPSA) is 102 Å². The summed E-state index contributed by atoms with van der Waals surface area (Å²) >= 11 is 0. The molecule has 1 saturated heterocycles. The first-order chi connectivity index (χ1) is 9.92. The highest BCUT2D eigenvalue weighted by atomic mass is 16.5. The van der Waals surface area contributed by atoms with Crippen LogP contribution in [0.5, 0.6) is 5.75 Å². The van der Waals surface area contributed by atoms with Gasteiger partial charge in [0, 0.05) is 26.0 Å². The number of amides is 3. The van der Waals surface area contributed by atoms with Gasteiger partial charge < -0.3 is 20.7 Å². The molecule has 1 heterocycles. The zero-order chi connectivity index (χ0) is 15.6. The van der Waals surface area contributed by atoms with Gasteiger partial charge in [-0.25, -0.2) is 0 Å². The molecule has 3 amide bonds. The Morgan fingerprint density at radius 3 is 2.67 bits per heavy atom. The molecule has 7 nitrogen and oxygen atoms in total. The molecule has 0 aromatic heterocycles. The number of rotatable bonds is 4. The average molecular weight is 291 g/mol. The molecule has 1 atom stereocenters. The molecule has 21 heavy (non-hydrogen) atoms. The minimum Gasteiger partial charge on any atom is -0.497 e. The van der Waals surface area contributed by atoms with Crippen molar-refractivity contribution >= 4 is 29.1 Å². The number of nitrogens with zero attached hydrogens (tertiary/aromatic N) is 1. The fraction of sp³-hybridized carbons (Fsp3) is 0.357. The predicted molar refractivity (Wildman–Crippen MR) is 77.0 cm³/mol. The van der Waals surface area contributed by atoms with Gasteiger partial charge in [0.15, 0.2) is 0 Å². The Bertz CT molecular complexity index is 600. The van der Waals surface area contributed by atoms with Crippen molar-refractivity contribution in [2.75, 3.05) is 23.9 Å². The third kappa shape index (κ3) is 3.13. The molecule has 0 saturated carbocycles. The maximum Gasteiger partial charge on any atom is 0.227 e. The van der Waals surface area contributed by atoms with Gasteiger partial charge in [0.05, 0.1) is 24.4 Å². The lowest BCUT2D eigenvalue weighted by Crippen LogP contribution is -2.29. The molecular formula is C14H17N3O4. The van der Waals surface area contributed by atoms with Gasteiger partial charge in [0.2, 0.25) is 17.7 Å². The summed E-state index contributed by atoms with van der Waals surface area (Å²) in [6.45, 7) is 1.58. The first-order valence-corrected chi connectivity index (χ1v) is 6.47.